The van der Waals surface area contributed by atoms with Crippen molar-refractivity contribution in [1.29, 1.82) is 0 Å². The van der Waals surface area contributed by atoms with E-state index < -0.39 is 0 Å². The van der Waals surface area contributed by atoms with Crippen LogP contribution in [0.4, 0.5) is 0 Å². The fourth-order valence-corrected chi connectivity index (χ4v) is 4.08. The van der Waals surface area contributed by atoms with Gasteiger partial charge in [-0.15, -0.1) is 0 Å². The van der Waals surface area contributed by atoms with Crippen LogP contribution in [0, 0.1) is 5.41 Å². The second-order valence-electron chi connectivity index (χ2n) is 7.43. The van der Waals surface area contributed by atoms with Gasteiger partial charge in [-0.3, -0.25) is 9.89 Å². The number of H-pyrrole nitrogens is 1. The molecule has 2 heterocycles. The van der Waals surface area contributed by atoms with E-state index in [1.54, 1.807) is 0 Å². The summed E-state index contributed by atoms with van der Waals surface area (Å²) in [7, 11) is 0. The molecule has 0 bridgehead atoms. The summed E-state index contributed by atoms with van der Waals surface area (Å²) in [6.45, 7) is 3.57. The van der Waals surface area contributed by atoms with Crippen molar-refractivity contribution in [2.75, 3.05) is 13.1 Å². The number of carbonyl (C=O) groups is 1. The van der Waals surface area contributed by atoms with Crippen molar-refractivity contribution in [3.05, 3.63) is 41.6 Å². The molecule has 2 fully saturated rings. The van der Waals surface area contributed by atoms with Gasteiger partial charge in [0.05, 0.1) is 11.8 Å². The van der Waals surface area contributed by atoms with E-state index in [2.05, 4.69) is 29.3 Å². The average Bonchev–Trinajstić information content (AvgIpc) is 3.16. The van der Waals surface area contributed by atoms with E-state index in [1.165, 1.54) is 5.56 Å². The highest BCUT2D eigenvalue weighted by Gasteiger charge is 2.47. The zero-order valence-corrected chi connectivity index (χ0v) is 14.7. The summed E-state index contributed by atoms with van der Waals surface area (Å²) in [5.74, 6) is 0.00703. The minimum atomic E-state index is -0.172. The van der Waals surface area contributed by atoms with Gasteiger partial charge in [-0.1, -0.05) is 31.2 Å². The van der Waals surface area contributed by atoms with E-state index in [-0.39, 0.29) is 17.4 Å². The molecule has 1 aromatic heterocycles. The molecule has 1 unspecified atom stereocenters. The van der Waals surface area contributed by atoms with Gasteiger partial charge in [-0.25, -0.2) is 0 Å². The molecule has 25 heavy (non-hydrogen) atoms. The maximum absolute atomic E-state index is 12.7. The molecule has 0 radical (unpaired) electrons. The zero-order chi connectivity index (χ0) is 17.4. The highest BCUT2D eigenvalue weighted by atomic mass is 16.3. The molecule has 1 aromatic carbocycles. The number of nitrogens with one attached hydrogen (secondary N) is 1. The van der Waals surface area contributed by atoms with Crippen LogP contribution in [0.1, 0.15) is 48.7 Å². The Morgan fingerprint density at radius 2 is 2.00 bits per heavy atom. The highest BCUT2D eigenvalue weighted by molar-refractivity contribution is 5.93. The molecule has 2 aliphatic rings. The summed E-state index contributed by atoms with van der Waals surface area (Å²) in [5, 5.41) is 17.2. The predicted molar refractivity (Wildman–Crippen MR) is 96.2 cm³/mol. The lowest BCUT2D eigenvalue weighted by Gasteiger charge is -2.51. The van der Waals surface area contributed by atoms with Crippen LogP contribution in [0.5, 0.6) is 0 Å². The van der Waals surface area contributed by atoms with Gasteiger partial charge in [0.15, 0.2) is 0 Å². The first-order valence-corrected chi connectivity index (χ1v) is 9.23. The minimum Gasteiger partial charge on any atom is -0.393 e. The third-order valence-corrected chi connectivity index (χ3v) is 6.14. The molecule has 132 valence electrons. The van der Waals surface area contributed by atoms with Crippen molar-refractivity contribution in [3.63, 3.8) is 0 Å². The summed E-state index contributed by atoms with van der Waals surface area (Å²) < 4.78 is 0. The quantitative estimate of drug-likeness (QED) is 0.903. The van der Waals surface area contributed by atoms with Gasteiger partial charge >= 0.3 is 0 Å². The molecule has 2 N–H and O–H groups in total. The topological polar surface area (TPSA) is 69.2 Å². The van der Waals surface area contributed by atoms with Crippen molar-refractivity contribution in [3.8, 4) is 11.3 Å². The SMILES string of the molecule is CCc1ccc(-c2cc(C(=O)N3CCC4(CCC4O)CC3)[nH]n2)cc1. The predicted octanol–water partition coefficient (Wildman–Crippen LogP) is 3.02. The fourth-order valence-electron chi connectivity index (χ4n) is 4.08. The van der Waals surface area contributed by atoms with Gasteiger partial charge in [-0.05, 0) is 49.1 Å². The average molecular weight is 339 g/mol. The number of carbonyl (C=O) groups excluding carboxylic acids is 1. The number of amides is 1. The molecule has 5 nitrogen and oxygen atoms in total. The Morgan fingerprint density at radius 1 is 1.28 bits per heavy atom. The molecular weight excluding hydrogens is 314 g/mol. The molecule has 1 aliphatic carbocycles. The molecule has 1 saturated carbocycles. The molecule has 1 aliphatic heterocycles. The smallest absolute Gasteiger partial charge is 0.271 e. The second-order valence-corrected chi connectivity index (χ2v) is 7.43. The summed E-state index contributed by atoms with van der Waals surface area (Å²) in [5.41, 5.74) is 3.73. The summed E-state index contributed by atoms with van der Waals surface area (Å²) in [4.78, 5) is 14.6. The van der Waals surface area contributed by atoms with Crippen LogP contribution in [0.2, 0.25) is 0 Å². The van der Waals surface area contributed by atoms with E-state index in [0.717, 1.165) is 56.5 Å². The molecule has 5 heteroatoms. The number of aryl methyl sites for hydroxylation is 1. The van der Waals surface area contributed by atoms with Crippen LogP contribution < -0.4 is 0 Å². The number of piperidine rings is 1. The lowest BCUT2D eigenvalue weighted by Crippen LogP contribution is -2.53. The molecule has 4 rings (SSSR count). The normalized spacial score (nSPS) is 22.0. The number of benzene rings is 1. The number of rotatable bonds is 3. The number of aromatic nitrogens is 2. The van der Waals surface area contributed by atoms with Crippen LogP contribution in [0.3, 0.4) is 0 Å². The maximum Gasteiger partial charge on any atom is 0.271 e. The second kappa shape index (κ2) is 6.30. The Morgan fingerprint density at radius 3 is 2.56 bits per heavy atom. The molecular formula is C20H25N3O2. The van der Waals surface area contributed by atoms with E-state index in [9.17, 15) is 9.90 Å². The van der Waals surface area contributed by atoms with E-state index in [1.807, 2.05) is 23.1 Å². The third kappa shape index (κ3) is 2.86. The van der Waals surface area contributed by atoms with Crippen LogP contribution in [-0.4, -0.2) is 45.3 Å². The number of aliphatic hydroxyl groups excluding tert-OH is 1. The Balaban J connectivity index is 1.44. The standard InChI is InChI=1S/C20H25N3O2/c1-2-14-3-5-15(6-4-14)16-13-17(22-21-16)19(25)23-11-9-20(10-12-23)8-7-18(20)24/h3-6,13,18,24H,2,7-12H2,1H3,(H,21,22). The van der Waals surface area contributed by atoms with Crippen molar-refractivity contribution in [1.82, 2.24) is 15.1 Å². The molecule has 1 amide bonds. The first kappa shape index (κ1) is 16.3. The Bertz CT molecular complexity index is 758. The van der Waals surface area contributed by atoms with E-state index >= 15 is 0 Å². The van der Waals surface area contributed by atoms with Crippen LogP contribution in [0.25, 0.3) is 11.3 Å². The Labute approximate surface area is 148 Å². The first-order valence-electron chi connectivity index (χ1n) is 9.23. The number of likely N-dealkylation sites (tertiary alicyclic amines) is 1. The van der Waals surface area contributed by atoms with Crippen LogP contribution in [-0.2, 0) is 6.42 Å². The van der Waals surface area contributed by atoms with E-state index in [0.29, 0.717) is 5.69 Å². The molecule has 1 spiro atoms. The number of hydrogen-bond donors (Lipinski definition) is 2. The number of aliphatic hydroxyl groups is 1. The Kier molecular flexibility index (Phi) is 4.12. The monoisotopic (exact) mass is 339 g/mol. The number of hydrogen-bond acceptors (Lipinski definition) is 3. The van der Waals surface area contributed by atoms with Gasteiger partial charge in [-0.2, -0.15) is 5.10 Å². The Hall–Kier alpha value is -2.14. The van der Waals surface area contributed by atoms with Crippen molar-refractivity contribution in [2.24, 2.45) is 5.41 Å². The molecule has 1 atom stereocenters. The van der Waals surface area contributed by atoms with Crippen molar-refractivity contribution >= 4 is 5.91 Å². The lowest BCUT2D eigenvalue weighted by atomic mass is 9.61. The van der Waals surface area contributed by atoms with Crippen LogP contribution in [0.15, 0.2) is 30.3 Å². The van der Waals surface area contributed by atoms with Gasteiger partial charge in [0.1, 0.15) is 5.69 Å². The van der Waals surface area contributed by atoms with E-state index in [4.69, 9.17) is 0 Å². The molecule has 1 saturated heterocycles. The summed E-state index contributed by atoms with van der Waals surface area (Å²) in [6.07, 6.45) is 4.65. The first-order chi connectivity index (χ1) is 12.1. The van der Waals surface area contributed by atoms with Crippen molar-refractivity contribution < 1.29 is 9.90 Å². The largest absolute Gasteiger partial charge is 0.393 e. The number of aromatic amines is 1. The van der Waals surface area contributed by atoms with Gasteiger partial charge in [0.2, 0.25) is 0 Å². The highest BCUT2D eigenvalue weighted by Crippen LogP contribution is 2.49. The van der Waals surface area contributed by atoms with Crippen LogP contribution >= 0.6 is 0 Å². The zero-order valence-electron chi connectivity index (χ0n) is 14.7. The maximum atomic E-state index is 12.7. The van der Waals surface area contributed by atoms with Gasteiger partial charge in [0, 0.05) is 18.7 Å². The van der Waals surface area contributed by atoms with Gasteiger partial charge < -0.3 is 10.0 Å². The summed E-state index contributed by atoms with van der Waals surface area (Å²) >= 11 is 0. The number of nitrogens with zero attached hydrogens (tertiary/aromatic N) is 2. The van der Waals surface area contributed by atoms with Gasteiger partial charge in [0.25, 0.3) is 5.91 Å². The fraction of sp³-hybridized carbons (Fsp3) is 0.500. The van der Waals surface area contributed by atoms with Crippen molar-refractivity contribution in [2.45, 2.75) is 45.1 Å². The minimum absolute atomic E-state index is 0.00703. The summed E-state index contributed by atoms with van der Waals surface area (Å²) in [6, 6.07) is 10.1. The molecule has 2 aromatic rings. The third-order valence-electron chi connectivity index (χ3n) is 6.14. The lowest BCUT2D eigenvalue weighted by molar-refractivity contribution is -0.0952.